The normalized spacial score (nSPS) is 9.75. The number of methoxy groups -OCH3 is 1. The van der Waals surface area contributed by atoms with Crippen LogP contribution >= 0.6 is 0 Å². The predicted octanol–water partition coefficient (Wildman–Crippen LogP) is 2.03. The van der Waals surface area contributed by atoms with Crippen molar-refractivity contribution in [2.75, 3.05) is 13.7 Å². The summed E-state index contributed by atoms with van der Waals surface area (Å²) in [6, 6.07) is 0. The Kier molecular flexibility index (Phi) is 6.93. The molecule has 1 radical (unpaired) electrons. The third-order valence-electron chi connectivity index (χ3n) is 1.09. The van der Waals surface area contributed by atoms with E-state index >= 15 is 0 Å². The van der Waals surface area contributed by atoms with Gasteiger partial charge < -0.3 is 4.74 Å². The fourth-order valence-electron chi connectivity index (χ4n) is 0.595. The van der Waals surface area contributed by atoms with E-state index in [0.29, 0.717) is 0 Å². The second-order valence-electron chi connectivity index (χ2n) is 1.90. The van der Waals surface area contributed by atoms with E-state index in [1.165, 1.54) is 19.3 Å². The van der Waals surface area contributed by atoms with Crippen LogP contribution in [0.5, 0.6) is 0 Å². The summed E-state index contributed by atoms with van der Waals surface area (Å²) in [5, 5.41) is 0. The molecule has 0 rings (SSSR count). The van der Waals surface area contributed by atoms with E-state index in [2.05, 4.69) is 13.3 Å². The van der Waals surface area contributed by atoms with Crippen LogP contribution in [-0.2, 0) is 4.74 Å². The van der Waals surface area contributed by atoms with Gasteiger partial charge in [-0.3, -0.25) is 0 Å². The Morgan fingerprint density at radius 1 is 1.38 bits per heavy atom. The molecule has 0 unspecified atom stereocenters. The van der Waals surface area contributed by atoms with Crippen LogP contribution in [0.1, 0.15) is 26.2 Å². The molecule has 49 valence electrons. The predicted molar refractivity (Wildman–Crippen MR) is 35.7 cm³/mol. The second kappa shape index (κ2) is 6.96. The zero-order chi connectivity index (χ0) is 6.24. The summed E-state index contributed by atoms with van der Waals surface area (Å²) in [4.78, 5) is 0. The van der Waals surface area contributed by atoms with E-state index in [1.54, 1.807) is 7.11 Å². The van der Waals surface area contributed by atoms with Crippen LogP contribution in [0.4, 0.5) is 0 Å². The molecule has 0 aromatic rings. The molecule has 0 fully saturated rings. The van der Waals surface area contributed by atoms with Crippen molar-refractivity contribution >= 4 is 0 Å². The number of unbranched alkanes of at least 4 members (excludes halogenated alkanes) is 3. The molecule has 0 spiro atoms. The Bertz CT molecular complexity index is 29.4. The lowest BCUT2D eigenvalue weighted by molar-refractivity contribution is 0.193. The third kappa shape index (κ3) is 5.96. The molecule has 1 heteroatoms. The lowest BCUT2D eigenvalue weighted by atomic mass is 10.2. The van der Waals surface area contributed by atoms with E-state index < -0.39 is 0 Å². The second-order valence-corrected chi connectivity index (χ2v) is 1.90. The van der Waals surface area contributed by atoms with Gasteiger partial charge in [0.1, 0.15) is 0 Å². The van der Waals surface area contributed by atoms with Gasteiger partial charge in [-0.25, -0.2) is 0 Å². The Labute approximate surface area is 52.0 Å². The summed E-state index contributed by atoms with van der Waals surface area (Å²) in [6.45, 7) is 3.00. The summed E-state index contributed by atoms with van der Waals surface area (Å²) in [7, 11) is 1.75. The average Bonchev–Trinajstić information content (AvgIpc) is 1.81. The number of ether oxygens (including phenoxy) is 1. The van der Waals surface area contributed by atoms with Gasteiger partial charge in [0, 0.05) is 13.7 Å². The van der Waals surface area contributed by atoms with Crippen LogP contribution in [-0.4, -0.2) is 13.7 Å². The average molecular weight is 115 g/mol. The quantitative estimate of drug-likeness (QED) is 0.498. The van der Waals surface area contributed by atoms with Crippen molar-refractivity contribution in [1.29, 1.82) is 0 Å². The smallest absolute Gasteiger partial charge is 0.0462 e. The van der Waals surface area contributed by atoms with Gasteiger partial charge in [0.25, 0.3) is 0 Å². The Hall–Kier alpha value is -0.0400. The van der Waals surface area contributed by atoms with Gasteiger partial charge in [-0.1, -0.05) is 19.8 Å². The maximum atomic E-state index is 4.87. The first-order valence-electron chi connectivity index (χ1n) is 3.18. The minimum atomic E-state index is 0.911. The van der Waals surface area contributed by atoms with Crippen LogP contribution < -0.4 is 0 Å². The molecule has 0 amide bonds. The molecule has 0 aromatic heterocycles. The molecule has 0 heterocycles. The Morgan fingerprint density at radius 3 is 2.62 bits per heavy atom. The van der Waals surface area contributed by atoms with Crippen LogP contribution in [0.3, 0.4) is 0 Å². The summed E-state index contributed by atoms with van der Waals surface area (Å²) in [5.41, 5.74) is 0. The standard InChI is InChI=1S/C7H15O/c1-3-4-5-6-7-8-2/h3H,4-7H2,1-2H3. The molecular weight excluding hydrogens is 100 g/mol. The molecule has 0 atom stereocenters. The van der Waals surface area contributed by atoms with Crippen LogP contribution in [0, 0.1) is 6.42 Å². The van der Waals surface area contributed by atoms with Crippen molar-refractivity contribution in [3.63, 3.8) is 0 Å². The first-order chi connectivity index (χ1) is 3.91. The van der Waals surface area contributed by atoms with Crippen molar-refractivity contribution in [1.82, 2.24) is 0 Å². The zero-order valence-electron chi connectivity index (χ0n) is 5.81. The SMILES string of the molecule is C[CH]CCCCOC. The molecule has 0 aliphatic rings. The maximum Gasteiger partial charge on any atom is 0.0462 e. The van der Waals surface area contributed by atoms with Gasteiger partial charge in [0.05, 0.1) is 0 Å². The molecular formula is C7H15O. The number of rotatable bonds is 5. The molecule has 0 bridgehead atoms. The fourth-order valence-corrected chi connectivity index (χ4v) is 0.595. The summed E-state index contributed by atoms with van der Waals surface area (Å²) >= 11 is 0. The molecule has 8 heavy (non-hydrogen) atoms. The first-order valence-corrected chi connectivity index (χ1v) is 3.18. The van der Waals surface area contributed by atoms with E-state index in [0.717, 1.165) is 6.61 Å². The molecule has 0 saturated heterocycles. The van der Waals surface area contributed by atoms with Gasteiger partial charge >= 0.3 is 0 Å². The minimum absolute atomic E-state index is 0.911. The highest BCUT2D eigenvalue weighted by molar-refractivity contribution is 4.54. The molecule has 1 nitrogen and oxygen atoms in total. The highest BCUT2D eigenvalue weighted by atomic mass is 16.5. The Morgan fingerprint density at radius 2 is 2.12 bits per heavy atom. The van der Waals surface area contributed by atoms with Crippen molar-refractivity contribution < 1.29 is 4.74 Å². The zero-order valence-corrected chi connectivity index (χ0v) is 5.81. The fraction of sp³-hybridized carbons (Fsp3) is 0.857. The molecule has 0 aliphatic heterocycles. The van der Waals surface area contributed by atoms with Crippen LogP contribution in [0.15, 0.2) is 0 Å². The Balaban J connectivity index is 2.53. The summed E-state index contributed by atoms with van der Waals surface area (Å²) in [5.74, 6) is 0. The minimum Gasteiger partial charge on any atom is -0.385 e. The molecule has 0 aliphatic carbocycles. The van der Waals surface area contributed by atoms with Gasteiger partial charge in [-0.05, 0) is 12.8 Å². The summed E-state index contributed by atoms with van der Waals surface area (Å²) in [6.07, 6.45) is 5.88. The van der Waals surface area contributed by atoms with E-state index in [1.807, 2.05) is 0 Å². The van der Waals surface area contributed by atoms with E-state index in [4.69, 9.17) is 4.74 Å². The van der Waals surface area contributed by atoms with Crippen molar-refractivity contribution in [2.45, 2.75) is 26.2 Å². The molecule has 0 saturated carbocycles. The third-order valence-corrected chi connectivity index (χ3v) is 1.09. The van der Waals surface area contributed by atoms with Gasteiger partial charge in [0.15, 0.2) is 0 Å². The molecule has 0 N–H and O–H groups in total. The highest BCUT2D eigenvalue weighted by Crippen LogP contribution is 1.96. The maximum absolute atomic E-state index is 4.87. The monoisotopic (exact) mass is 115 g/mol. The molecule has 0 aromatic carbocycles. The van der Waals surface area contributed by atoms with E-state index in [9.17, 15) is 0 Å². The number of hydrogen-bond acceptors (Lipinski definition) is 1. The lowest BCUT2D eigenvalue weighted by Gasteiger charge is -1.95. The van der Waals surface area contributed by atoms with Crippen LogP contribution in [0.25, 0.3) is 0 Å². The van der Waals surface area contributed by atoms with Gasteiger partial charge in [0.2, 0.25) is 0 Å². The van der Waals surface area contributed by atoms with Crippen LogP contribution in [0.2, 0.25) is 0 Å². The van der Waals surface area contributed by atoms with Gasteiger partial charge in [-0.2, -0.15) is 0 Å². The van der Waals surface area contributed by atoms with E-state index in [-0.39, 0.29) is 0 Å². The lowest BCUT2D eigenvalue weighted by Crippen LogP contribution is -1.86. The first kappa shape index (κ1) is 7.96. The topological polar surface area (TPSA) is 9.23 Å². The largest absolute Gasteiger partial charge is 0.385 e. The van der Waals surface area contributed by atoms with Crippen molar-refractivity contribution in [2.24, 2.45) is 0 Å². The van der Waals surface area contributed by atoms with Crippen molar-refractivity contribution in [3.05, 3.63) is 6.42 Å². The summed E-state index contributed by atoms with van der Waals surface area (Å²) < 4.78 is 4.87. The number of hydrogen-bond donors (Lipinski definition) is 0. The van der Waals surface area contributed by atoms with Crippen molar-refractivity contribution in [3.8, 4) is 0 Å². The van der Waals surface area contributed by atoms with Gasteiger partial charge in [-0.15, -0.1) is 0 Å². The highest BCUT2D eigenvalue weighted by Gasteiger charge is 1.83.